The molecule has 7 nitrogen and oxygen atoms in total. The minimum absolute atomic E-state index is 0.0852. The van der Waals surface area contributed by atoms with Gasteiger partial charge >= 0.3 is 0 Å². The van der Waals surface area contributed by atoms with Crippen LogP contribution in [0.1, 0.15) is 11.3 Å². The predicted octanol–water partition coefficient (Wildman–Crippen LogP) is 0.408. The highest BCUT2D eigenvalue weighted by atomic mass is 32.2. The number of imidazole rings is 1. The number of amides is 2. The average molecular weight is 352 g/mol. The van der Waals surface area contributed by atoms with E-state index >= 15 is 0 Å². The summed E-state index contributed by atoms with van der Waals surface area (Å²) in [6.45, 7) is -0.107. The molecule has 2 aromatic rings. The number of aliphatic hydroxyl groups excluding tert-OH is 1. The first kappa shape index (κ1) is 18.0. The molecular weight excluding hydrogens is 335 g/mol. The summed E-state index contributed by atoms with van der Waals surface area (Å²) in [5.41, 5.74) is 6.40. The molecule has 0 aliphatic heterocycles. The van der Waals surface area contributed by atoms with Crippen molar-refractivity contribution in [2.75, 3.05) is 5.75 Å². The monoisotopic (exact) mass is 352 g/mol. The number of aliphatic hydroxyl groups is 1. The van der Waals surface area contributed by atoms with Crippen LogP contribution in [0.25, 0.3) is 0 Å². The number of hydrogen-bond acceptors (Lipinski definition) is 5. The number of nitrogens with two attached hydrogens (primary N) is 1. The van der Waals surface area contributed by atoms with E-state index in [1.807, 2.05) is 0 Å². The maximum absolute atomic E-state index is 12.8. The van der Waals surface area contributed by atoms with Crippen molar-refractivity contribution in [3.8, 4) is 0 Å². The fourth-order valence-electron chi connectivity index (χ4n) is 1.94. The lowest BCUT2D eigenvalue weighted by Crippen LogP contribution is -2.25. The molecule has 0 atom stereocenters. The van der Waals surface area contributed by atoms with Crippen molar-refractivity contribution in [1.29, 1.82) is 0 Å². The number of benzene rings is 1. The van der Waals surface area contributed by atoms with Gasteiger partial charge < -0.3 is 20.7 Å². The maximum atomic E-state index is 12.8. The van der Waals surface area contributed by atoms with Gasteiger partial charge in [-0.15, -0.1) is 0 Å². The lowest BCUT2D eigenvalue weighted by atomic mass is 10.2. The van der Waals surface area contributed by atoms with Crippen molar-refractivity contribution in [2.45, 2.75) is 24.9 Å². The van der Waals surface area contributed by atoms with Gasteiger partial charge in [-0.1, -0.05) is 23.9 Å². The average Bonchev–Trinajstić information content (AvgIpc) is 2.93. The molecule has 0 aliphatic rings. The second kappa shape index (κ2) is 8.46. The molecule has 128 valence electrons. The van der Waals surface area contributed by atoms with Gasteiger partial charge in [0.25, 0.3) is 0 Å². The van der Waals surface area contributed by atoms with Crippen LogP contribution in [0.2, 0.25) is 0 Å². The Hall–Kier alpha value is -2.39. The highest BCUT2D eigenvalue weighted by Gasteiger charge is 2.13. The number of carbonyl (C=O) groups is 2. The number of hydrogen-bond donors (Lipinski definition) is 3. The van der Waals surface area contributed by atoms with Gasteiger partial charge in [-0.3, -0.25) is 9.59 Å². The van der Waals surface area contributed by atoms with Gasteiger partial charge in [0.2, 0.25) is 11.8 Å². The van der Waals surface area contributed by atoms with Crippen LogP contribution in [0.15, 0.2) is 35.6 Å². The fraction of sp³-hybridized carbons (Fsp3) is 0.267. The van der Waals surface area contributed by atoms with Crippen molar-refractivity contribution < 1.29 is 19.1 Å². The van der Waals surface area contributed by atoms with Crippen molar-refractivity contribution >= 4 is 23.6 Å². The number of thioether (sulfide) groups is 1. The Kier molecular flexibility index (Phi) is 6.33. The number of nitrogens with one attached hydrogen (secondary N) is 1. The summed E-state index contributed by atoms with van der Waals surface area (Å²) in [6.07, 6.45) is 1.43. The summed E-state index contributed by atoms with van der Waals surface area (Å²) in [5, 5.41) is 12.4. The number of carbonyl (C=O) groups excluding carboxylic acids is 2. The third-order valence-electron chi connectivity index (χ3n) is 3.11. The molecular formula is C15H17FN4O3S. The molecule has 0 unspecified atom stereocenters. The number of aromatic nitrogens is 2. The maximum Gasteiger partial charge on any atom is 0.237 e. The van der Waals surface area contributed by atoms with E-state index in [0.717, 1.165) is 17.3 Å². The van der Waals surface area contributed by atoms with E-state index in [4.69, 9.17) is 5.73 Å². The van der Waals surface area contributed by atoms with E-state index in [2.05, 4.69) is 10.3 Å². The lowest BCUT2D eigenvalue weighted by molar-refractivity contribution is -0.119. The zero-order valence-corrected chi connectivity index (χ0v) is 13.6. The van der Waals surface area contributed by atoms with Gasteiger partial charge in [0.1, 0.15) is 12.4 Å². The Morgan fingerprint density at radius 1 is 1.33 bits per heavy atom. The van der Waals surface area contributed by atoms with Gasteiger partial charge in [-0.25, -0.2) is 9.37 Å². The Morgan fingerprint density at radius 3 is 2.67 bits per heavy atom. The van der Waals surface area contributed by atoms with E-state index < -0.39 is 5.91 Å². The SMILES string of the molecule is NC(=O)Cn1c(CO)cnc1SCC(=O)NCc1ccc(F)cc1. The third kappa shape index (κ3) is 5.07. The van der Waals surface area contributed by atoms with Gasteiger partial charge in [-0.05, 0) is 17.7 Å². The first-order valence-corrected chi connectivity index (χ1v) is 8.05. The fourth-order valence-corrected chi connectivity index (χ4v) is 2.77. The Morgan fingerprint density at radius 2 is 2.04 bits per heavy atom. The summed E-state index contributed by atoms with van der Waals surface area (Å²) < 4.78 is 14.3. The lowest BCUT2D eigenvalue weighted by Gasteiger charge is -2.08. The van der Waals surface area contributed by atoms with Gasteiger partial charge in [0, 0.05) is 6.54 Å². The third-order valence-corrected chi connectivity index (χ3v) is 4.10. The van der Waals surface area contributed by atoms with Crippen LogP contribution in [0.5, 0.6) is 0 Å². The first-order valence-electron chi connectivity index (χ1n) is 7.07. The molecule has 0 saturated heterocycles. The molecule has 0 spiro atoms. The molecule has 24 heavy (non-hydrogen) atoms. The van der Waals surface area contributed by atoms with E-state index in [1.165, 1.54) is 22.9 Å². The molecule has 4 N–H and O–H groups in total. The first-order chi connectivity index (χ1) is 11.5. The molecule has 1 aromatic carbocycles. The largest absolute Gasteiger partial charge is 0.390 e. The number of primary amides is 1. The minimum Gasteiger partial charge on any atom is -0.390 e. The number of nitrogens with zero attached hydrogens (tertiary/aromatic N) is 2. The number of rotatable bonds is 8. The van der Waals surface area contributed by atoms with Crippen molar-refractivity contribution in [2.24, 2.45) is 5.73 Å². The molecule has 0 aliphatic carbocycles. The molecule has 2 amide bonds. The van der Waals surface area contributed by atoms with E-state index in [-0.39, 0.29) is 37.2 Å². The molecule has 0 saturated carbocycles. The summed E-state index contributed by atoms with van der Waals surface area (Å²) in [7, 11) is 0. The second-order valence-electron chi connectivity index (χ2n) is 4.93. The van der Waals surface area contributed by atoms with E-state index in [9.17, 15) is 19.1 Å². The molecule has 9 heteroatoms. The molecule has 0 radical (unpaired) electrons. The van der Waals surface area contributed by atoms with E-state index in [0.29, 0.717) is 10.9 Å². The highest BCUT2D eigenvalue weighted by molar-refractivity contribution is 7.99. The topological polar surface area (TPSA) is 110 Å². The van der Waals surface area contributed by atoms with Crippen LogP contribution in [0.4, 0.5) is 4.39 Å². The number of halogens is 1. The van der Waals surface area contributed by atoms with Crippen LogP contribution in [0, 0.1) is 5.82 Å². The summed E-state index contributed by atoms with van der Waals surface area (Å²) >= 11 is 1.13. The zero-order valence-electron chi connectivity index (χ0n) is 12.7. The molecule has 1 aromatic heterocycles. The van der Waals surface area contributed by atoms with Crippen LogP contribution in [0.3, 0.4) is 0 Å². The normalized spacial score (nSPS) is 10.6. The summed E-state index contributed by atoms with van der Waals surface area (Å²) in [5.74, 6) is -1.04. The highest BCUT2D eigenvalue weighted by Crippen LogP contribution is 2.18. The van der Waals surface area contributed by atoms with Crippen molar-refractivity contribution in [1.82, 2.24) is 14.9 Å². The summed E-state index contributed by atoms with van der Waals surface area (Å²) in [4.78, 5) is 27.0. The van der Waals surface area contributed by atoms with Crippen LogP contribution < -0.4 is 11.1 Å². The summed E-state index contributed by atoms with van der Waals surface area (Å²) in [6, 6.07) is 5.84. The zero-order chi connectivity index (χ0) is 17.5. The Labute approximate surface area is 142 Å². The van der Waals surface area contributed by atoms with Crippen molar-refractivity contribution in [3.05, 3.63) is 47.5 Å². The second-order valence-corrected chi connectivity index (χ2v) is 5.88. The molecule has 0 bridgehead atoms. The van der Waals surface area contributed by atoms with Gasteiger partial charge in [-0.2, -0.15) is 0 Å². The van der Waals surface area contributed by atoms with Crippen LogP contribution >= 0.6 is 11.8 Å². The molecule has 1 heterocycles. The quantitative estimate of drug-likeness (QED) is 0.596. The Balaban J connectivity index is 1.88. The smallest absolute Gasteiger partial charge is 0.237 e. The van der Waals surface area contributed by atoms with Crippen LogP contribution in [-0.2, 0) is 29.3 Å². The standard InChI is InChI=1S/C15H17FN4O3S/c16-11-3-1-10(2-4-11)5-18-14(23)9-24-15-19-6-12(8-21)20(15)7-13(17)22/h1-4,6,21H,5,7-9H2,(H2,17,22)(H,18,23). The van der Waals surface area contributed by atoms with E-state index in [1.54, 1.807) is 12.1 Å². The van der Waals surface area contributed by atoms with Crippen LogP contribution in [-0.4, -0.2) is 32.2 Å². The molecule has 2 rings (SSSR count). The van der Waals surface area contributed by atoms with Crippen molar-refractivity contribution in [3.63, 3.8) is 0 Å². The predicted molar refractivity (Wildman–Crippen MR) is 86.3 cm³/mol. The van der Waals surface area contributed by atoms with Gasteiger partial charge in [0.05, 0.1) is 24.3 Å². The molecule has 0 fully saturated rings. The minimum atomic E-state index is -0.565. The van der Waals surface area contributed by atoms with Gasteiger partial charge in [0.15, 0.2) is 5.16 Å². The Bertz CT molecular complexity index is 718.